The Morgan fingerprint density at radius 1 is 0.533 bits per heavy atom. The summed E-state index contributed by atoms with van der Waals surface area (Å²) in [5.41, 5.74) is 0. The van der Waals surface area contributed by atoms with E-state index in [-0.39, 0.29) is 68.9 Å². The molecule has 3 heteroatoms. The molecule has 0 fully saturated rings. The Bertz CT molecular complexity index is 324. The molecule has 2 aromatic rings. The first kappa shape index (κ1) is 15.7. The summed E-state index contributed by atoms with van der Waals surface area (Å²) in [6, 6.07) is 21.5. The summed E-state index contributed by atoms with van der Waals surface area (Å²) >= 11 is -0.153. The van der Waals surface area contributed by atoms with Crippen molar-refractivity contribution in [3.63, 3.8) is 0 Å². The fourth-order valence-electron chi connectivity index (χ4n) is 1.11. The van der Waals surface area contributed by atoms with Gasteiger partial charge in [-0.05, 0) is 0 Å². The molecule has 0 aliphatic carbocycles. The average Bonchev–Trinajstić information content (AvgIpc) is 2.21. The summed E-state index contributed by atoms with van der Waals surface area (Å²) < 4.78 is 3.00. The van der Waals surface area contributed by atoms with Crippen LogP contribution in [-0.4, -0.2) is 20.9 Å². The van der Waals surface area contributed by atoms with Gasteiger partial charge in [-0.2, -0.15) is 0 Å². The Balaban J connectivity index is 0.000000980. The second-order valence-corrected chi connectivity index (χ2v) is 6.00. The Morgan fingerprint density at radius 3 is 1.20 bits per heavy atom. The third-order valence-corrected chi connectivity index (χ3v) is 4.62. The molecule has 0 unspecified atom stereocenters. The third kappa shape index (κ3) is 5.53. The van der Waals surface area contributed by atoms with Crippen LogP contribution >= 0.6 is 48.0 Å². The van der Waals surface area contributed by atoms with Gasteiger partial charge in [0.05, 0.1) is 0 Å². The molecule has 0 nitrogen and oxygen atoms in total. The predicted molar refractivity (Wildman–Crippen MR) is 88.7 cm³/mol. The van der Waals surface area contributed by atoms with E-state index in [4.69, 9.17) is 0 Å². The van der Waals surface area contributed by atoms with Crippen molar-refractivity contribution in [2.24, 2.45) is 0 Å². The van der Waals surface area contributed by atoms with Gasteiger partial charge in [0.15, 0.2) is 0 Å². The molecule has 0 heterocycles. The number of hydrogen-bond donors (Lipinski definition) is 0. The van der Waals surface area contributed by atoms with Crippen LogP contribution < -0.4 is 7.22 Å². The average molecular weight is 538 g/mol. The Labute approximate surface area is 135 Å². The summed E-state index contributed by atoms with van der Waals surface area (Å²) in [5.74, 6) is 0. The molecule has 0 atom stereocenters. The van der Waals surface area contributed by atoms with Crippen LogP contribution in [0.3, 0.4) is 0 Å². The van der Waals surface area contributed by atoms with Crippen molar-refractivity contribution in [2.45, 2.75) is 0 Å². The van der Waals surface area contributed by atoms with Crippen molar-refractivity contribution in [3.8, 4) is 0 Å². The Morgan fingerprint density at radius 2 is 0.867 bits per heavy atom. The molecule has 0 aliphatic rings. The zero-order valence-electron chi connectivity index (χ0n) is 8.00. The molecule has 2 rings (SSSR count). The van der Waals surface area contributed by atoms with E-state index in [1.807, 2.05) is 0 Å². The van der Waals surface area contributed by atoms with Crippen molar-refractivity contribution in [3.05, 3.63) is 60.7 Å². The first-order valence-electron chi connectivity index (χ1n) is 4.23. The van der Waals surface area contributed by atoms with Gasteiger partial charge in [0.2, 0.25) is 0 Å². The summed E-state index contributed by atoms with van der Waals surface area (Å²) in [5, 5.41) is 0. The van der Waals surface area contributed by atoms with Crippen LogP contribution in [0, 0.1) is 0 Å². The van der Waals surface area contributed by atoms with Gasteiger partial charge in [0, 0.05) is 0 Å². The summed E-state index contributed by atoms with van der Waals surface area (Å²) in [6.07, 6.45) is 0. The normalized spacial score (nSPS) is 8.53. The Kier molecular flexibility index (Phi) is 9.20. The van der Waals surface area contributed by atoms with Gasteiger partial charge in [-0.3, -0.25) is 0 Å². The van der Waals surface area contributed by atoms with Crippen molar-refractivity contribution in [2.75, 3.05) is 0 Å². The molecule has 0 radical (unpaired) electrons. The van der Waals surface area contributed by atoms with Gasteiger partial charge in [-0.1, -0.05) is 0 Å². The molecule has 15 heavy (non-hydrogen) atoms. The predicted octanol–water partition coefficient (Wildman–Crippen LogP) is 2.58. The van der Waals surface area contributed by atoms with Gasteiger partial charge in [0.25, 0.3) is 0 Å². The van der Waals surface area contributed by atoms with E-state index < -0.39 is 0 Å². The number of halogens is 2. The maximum atomic E-state index is 2.22. The van der Waals surface area contributed by atoms with Gasteiger partial charge in [-0.15, -0.1) is 48.0 Å². The number of rotatable bonds is 2. The number of hydrogen-bond acceptors (Lipinski definition) is 0. The van der Waals surface area contributed by atoms with Crippen LogP contribution in [0.4, 0.5) is 0 Å². The molecule has 2 aromatic carbocycles. The monoisotopic (exact) mass is 540 g/mol. The molecular formula is C12H12I2Te. The molecule has 0 saturated carbocycles. The van der Waals surface area contributed by atoms with Crippen LogP contribution in [0.2, 0.25) is 0 Å². The molecule has 0 bridgehead atoms. The van der Waals surface area contributed by atoms with Gasteiger partial charge >= 0.3 is 88.8 Å². The summed E-state index contributed by atoms with van der Waals surface area (Å²) in [7, 11) is 0. The first-order valence-corrected chi connectivity index (χ1v) is 6.56. The maximum absolute atomic E-state index is 2.22. The summed E-state index contributed by atoms with van der Waals surface area (Å²) in [4.78, 5) is 0. The topological polar surface area (TPSA) is 0 Å². The zero-order chi connectivity index (χ0) is 8.93. The van der Waals surface area contributed by atoms with E-state index in [1.54, 1.807) is 0 Å². The van der Waals surface area contributed by atoms with Crippen molar-refractivity contribution < 1.29 is 0 Å². The number of benzene rings is 2. The summed E-state index contributed by atoms with van der Waals surface area (Å²) in [6.45, 7) is 0. The van der Waals surface area contributed by atoms with Crippen LogP contribution in [0.25, 0.3) is 0 Å². The molecule has 0 aliphatic heterocycles. The Hall–Kier alpha value is 0.690. The van der Waals surface area contributed by atoms with Gasteiger partial charge in [-0.25, -0.2) is 0 Å². The standard InChI is InChI=1S/C12H10Te.2HI/c1-3-7-11(8-4-1)13-12-9-5-2-6-10-12;;/h1-10H;2*1H. The van der Waals surface area contributed by atoms with Crippen LogP contribution in [0.15, 0.2) is 60.7 Å². The minimum absolute atomic E-state index is 0. The second kappa shape index (κ2) is 8.80. The third-order valence-electron chi connectivity index (χ3n) is 1.72. The quantitative estimate of drug-likeness (QED) is 0.408. The van der Waals surface area contributed by atoms with E-state index >= 15 is 0 Å². The van der Waals surface area contributed by atoms with E-state index in [0.29, 0.717) is 0 Å². The van der Waals surface area contributed by atoms with E-state index in [1.165, 1.54) is 7.22 Å². The minimum atomic E-state index is -0.153. The van der Waals surface area contributed by atoms with Crippen LogP contribution in [0.5, 0.6) is 0 Å². The zero-order valence-corrected chi connectivity index (χ0v) is 15.0. The van der Waals surface area contributed by atoms with Gasteiger partial charge in [0.1, 0.15) is 0 Å². The van der Waals surface area contributed by atoms with Gasteiger partial charge < -0.3 is 0 Å². The SMILES string of the molecule is I.I.c1ccc([Te]c2ccccc2)cc1. The molecule has 0 spiro atoms. The molecule has 80 valence electrons. The van der Waals surface area contributed by atoms with Crippen molar-refractivity contribution >= 4 is 76.1 Å². The molecule has 0 amide bonds. The molecule has 0 saturated heterocycles. The van der Waals surface area contributed by atoms with Crippen LogP contribution in [0.1, 0.15) is 0 Å². The molecule has 0 N–H and O–H groups in total. The fraction of sp³-hybridized carbons (Fsp3) is 0. The second-order valence-electron chi connectivity index (χ2n) is 2.73. The van der Waals surface area contributed by atoms with E-state index in [2.05, 4.69) is 60.7 Å². The van der Waals surface area contributed by atoms with Crippen molar-refractivity contribution in [1.82, 2.24) is 0 Å². The molecule has 0 aromatic heterocycles. The van der Waals surface area contributed by atoms with Crippen LogP contribution in [-0.2, 0) is 0 Å². The van der Waals surface area contributed by atoms with Crippen molar-refractivity contribution in [1.29, 1.82) is 0 Å². The molecular weight excluding hydrogens is 526 g/mol. The van der Waals surface area contributed by atoms with E-state index in [0.717, 1.165) is 0 Å². The first-order chi connectivity index (χ1) is 6.45. The van der Waals surface area contributed by atoms with E-state index in [9.17, 15) is 0 Å². The fourth-order valence-corrected chi connectivity index (χ4v) is 3.56.